The molecular weight excluding hydrogens is 600 g/mol. The molecule has 0 aromatic heterocycles. The van der Waals surface area contributed by atoms with E-state index in [1.54, 1.807) is 0 Å². The molecular formula is C26H36O18. The lowest BCUT2D eigenvalue weighted by Crippen LogP contribution is -2.67. The van der Waals surface area contributed by atoms with Gasteiger partial charge in [-0.05, 0) is 0 Å². The molecule has 0 saturated carbocycles. The van der Waals surface area contributed by atoms with Gasteiger partial charge in [0, 0.05) is 48.5 Å². The van der Waals surface area contributed by atoms with Crippen molar-refractivity contribution in [3.8, 4) is 0 Å². The maximum atomic E-state index is 12.2. The molecule has 10 atom stereocenters. The van der Waals surface area contributed by atoms with Crippen molar-refractivity contribution in [2.24, 2.45) is 0 Å². The van der Waals surface area contributed by atoms with Crippen LogP contribution in [0.2, 0.25) is 0 Å². The van der Waals surface area contributed by atoms with Crippen LogP contribution in [0.4, 0.5) is 0 Å². The quantitative estimate of drug-likeness (QED) is 0.203. The summed E-state index contributed by atoms with van der Waals surface area (Å²) in [5.41, 5.74) is 0. The fraction of sp³-hybridized carbons (Fsp3) is 0.731. The van der Waals surface area contributed by atoms with E-state index in [-0.39, 0.29) is 0 Å². The Morgan fingerprint density at radius 2 is 0.864 bits per heavy atom. The summed E-state index contributed by atoms with van der Waals surface area (Å²) in [6.45, 7) is 6.09. The van der Waals surface area contributed by atoms with Gasteiger partial charge in [0.25, 0.3) is 0 Å². The molecule has 0 spiro atoms. The lowest BCUT2D eigenvalue weighted by atomic mass is 9.96. The lowest BCUT2D eigenvalue weighted by molar-refractivity contribution is -0.357. The lowest BCUT2D eigenvalue weighted by Gasteiger charge is -2.48. The van der Waals surface area contributed by atoms with Crippen molar-refractivity contribution in [3.63, 3.8) is 0 Å². The monoisotopic (exact) mass is 636 g/mol. The van der Waals surface area contributed by atoms with Crippen LogP contribution >= 0.6 is 0 Å². The van der Waals surface area contributed by atoms with Crippen molar-refractivity contribution in [3.05, 3.63) is 0 Å². The van der Waals surface area contributed by atoms with Gasteiger partial charge in [0.2, 0.25) is 12.4 Å². The molecule has 0 aromatic rings. The zero-order valence-electron chi connectivity index (χ0n) is 25.1. The average Bonchev–Trinajstić information content (AvgIpc) is 2.87. The second-order valence-electron chi connectivity index (χ2n) is 9.69. The Labute approximate surface area is 251 Å². The molecule has 1 N–H and O–H groups in total. The van der Waals surface area contributed by atoms with Gasteiger partial charge in [-0.15, -0.1) is 0 Å². The number of hydrogen-bond donors (Lipinski definition) is 1. The van der Waals surface area contributed by atoms with E-state index in [4.69, 9.17) is 47.4 Å². The maximum Gasteiger partial charge on any atom is 0.305 e. The molecule has 18 heteroatoms. The van der Waals surface area contributed by atoms with Crippen LogP contribution in [0.5, 0.6) is 0 Å². The molecule has 248 valence electrons. The number of hydrogen-bond acceptors (Lipinski definition) is 18. The summed E-state index contributed by atoms with van der Waals surface area (Å²) in [7, 11) is 0. The number of aliphatic hydroxyl groups is 1. The van der Waals surface area contributed by atoms with Crippen molar-refractivity contribution in [1.29, 1.82) is 0 Å². The van der Waals surface area contributed by atoms with Crippen molar-refractivity contribution in [2.45, 2.75) is 110 Å². The molecule has 2 fully saturated rings. The number of esters is 7. The minimum Gasteiger partial charge on any atom is -0.463 e. The summed E-state index contributed by atoms with van der Waals surface area (Å²) < 4.78 is 54.1. The first-order valence-electron chi connectivity index (χ1n) is 13.3. The van der Waals surface area contributed by atoms with Crippen molar-refractivity contribution in [1.82, 2.24) is 0 Å². The van der Waals surface area contributed by atoms with Crippen LogP contribution in [0, 0.1) is 0 Å². The van der Waals surface area contributed by atoms with Gasteiger partial charge in [-0.3, -0.25) is 33.6 Å². The fourth-order valence-electron chi connectivity index (χ4n) is 4.41. The minimum absolute atomic E-state index is 0.572. The van der Waals surface area contributed by atoms with Crippen LogP contribution in [-0.2, 0) is 80.9 Å². The zero-order valence-corrected chi connectivity index (χ0v) is 25.1. The third-order valence-electron chi connectivity index (χ3n) is 5.89. The molecule has 0 radical (unpaired) electrons. The van der Waals surface area contributed by atoms with Crippen LogP contribution in [0.15, 0.2) is 0 Å². The summed E-state index contributed by atoms with van der Waals surface area (Å²) in [5, 5.41) is 10.9. The maximum absolute atomic E-state index is 12.2. The van der Waals surface area contributed by atoms with Crippen LogP contribution in [0.25, 0.3) is 0 Å². The number of aliphatic hydroxyl groups excluding tert-OH is 1. The molecule has 4 unspecified atom stereocenters. The van der Waals surface area contributed by atoms with E-state index in [2.05, 4.69) is 0 Å². The number of ether oxygens (including phenoxy) is 10. The summed E-state index contributed by atoms with van der Waals surface area (Å²) in [6, 6.07) is 0. The van der Waals surface area contributed by atoms with Gasteiger partial charge in [-0.25, -0.2) is 0 Å². The molecule has 18 nitrogen and oxygen atoms in total. The molecule has 0 aromatic carbocycles. The standard InChI is InChI=1S/C26H36O18/c1-10(27)35-8-17-19(34)21(37-12(3)29)23(39-14(5)31)26(42-17)44-20-18(9-36-11(2)28)43-25(41-16(7)33)24(40-15(6)32)22(20)38-13(4)30/h17-26,34H,8-9H2,1-7H3/t17?,18?,19-,20+,21-,22-,23?,24?,25-,26+/m0/s1. The highest BCUT2D eigenvalue weighted by molar-refractivity contribution is 5.69. The number of carbonyl (C=O) groups excluding carboxylic acids is 7. The Balaban J connectivity index is 2.65. The van der Waals surface area contributed by atoms with Crippen LogP contribution in [-0.4, -0.2) is 122 Å². The molecule has 0 bridgehead atoms. The van der Waals surface area contributed by atoms with Gasteiger partial charge in [0.1, 0.15) is 37.6 Å². The molecule has 2 heterocycles. The Hall–Kier alpha value is -3.87. The Morgan fingerprint density at radius 1 is 0.477 bits per heavy atom. The van der Waals surface area contributed by atoms with Crippen LogP contribution in [0.3, 0.4) is 0 Å². The van der Waals surface area contributed by atoms with E-state index in [9.17, 15) is 38.7 Å². The topological polar surface area (TPSA) is 232 Å². The predicted octanol–water partition coefficient (Wildman–Crippen LogP) is -1.40. The molecule has 0 amide bonds. The van der Waals surface area contributed by atoms with Crippen LogP contribution in [0.1, 0.15) is 48.5 Å². The second kappa shape index (κ2) is 16.3. The van der Waals surface area contributed by atoms with Crippen LogP contribution < -0.4 is 0 Å². The van der Waals surface area contributed by atoms with Gasteiger partial charge in [-0.1, -0.05) is 0 Å². The predicted molar refractivity (Wildman–Crippen MR) is 135 cm³/mol. The third kappa shape index (κ3) is 10.7. The first kappa shape index (κ1) is 36.3. The summed E-state index contributed by atoms with van der Waals surface area (Å²) in [6.07, 6.45) is -16.3. The Bertz CT molecular complexity index is 1090. The summed E-state index contributed by atoms with van der Waals surface area (Å²) in [5.74, 6) is -6.04. The van der Waals surface area contributed by atoms with Gasteiger partial charge >= 0.3 is 41.8 Å². The van der Waals surface area contributed by atoms with Gasteiger partial charge in [-0.2, -0.15) is 0 Å². The highest BCUT2D eigenvalue weighted by atomic mass is 16.8. The zero-order chi connectivity index (χ0) is 33.3. The van der Waals surface area contributed by atoms with Gasteiger partial charge in [0.15, 0.2) is 24.6 Å². The van der Waals surface area contributed by atoms with Gasteiger partial charge in [0.05, 0.1) is 0 Å². The number of rotatable bonds is 11. The molecule has 2 aliphatic heterocycles. The van der Waals surface area contributed by atoms with Crippen molar-refractivity contribution >= 4 is 41.8 Å². The summed E-state index contributed by atoms with van der Waals surface area (Å²) >= 11 is 0. The normalized spacial score (nSPS) is 31.5. The van der Waals surface area contributed by atoms with Crippen molar-refractivity contribution < 1.29 is 86.0 Å². The SMILES string of the molecule is CC(=O)OCC1O[C@H](OC(C)=O)C(OC(C)=O)[C@@H](OC(C)=O)[C@@H]1O[C@H]1OC(COC(C)=O)[C@H](O)[C@H](OC(C)=O)C1OC(C)=O. The molecule has 2 aliphatic rings. The van der Waals surface area contributed by atoms with E-state index in [1.165, 1.54) is 0 Å². The first-order valence-corrected chi connectivity index (χ1v) is 13.3. The fourth-order valence-corrected chi connectivity index (χ4v) is 4.41. The molecule has 2 saturated heterocycles. The Kier molecular flexibility index (Phi) is 13.4. The third-order valence-corrected chi connectivity index (χ3v) is 5.89. The van der Waals surface area contributed by atoms with E-state index < -0.39 is 116 Å². The van der Waals surface area contributed by atoms with E-state index in [0.29, 0.717) is 0 Å². The van der Waals surface area contributed by atoms with E-state index in [1.807, 2.05) is 0 Å². The molecule has 2 rings (SSSR count). The van der Waals surface area contributed by atoms with E-state index in [0.717, 1.165) is 48.5 Å². The molecule has 44 heavy (non-hydrogen) atoms. The number of carbonyl (C=O) groups is 7. The smallest absolute Gasteiger partial charge is 0.305 e. The Morgan fingerprint density at radius 3 is 1.32 bits per heavy atom. The second-order valence-corrected chi connectivity index (χ2v) is 9.69. The largest absolute Gasteiger partial charge is 0.463 e. The highest BCUT2D eigenvalue weighted by Gasteiger charge is 2.57. The summed E-state index contributed by atoms with van der Waals surface area (Å²) in [4.78, 5) is 83.3. The van der Waals surface area contributed by atoms with E-state index >= 15 is 0 Å². The average molecular weight is 637 g/mol. The highest BCUT2D eigenvalue weighted by Crippen LogP contribution is 2.34. The first-order chi connectivity index (χ1) is 20.5. The minimum atomic E-state index is -1.79. The van der Waals surface area contributed by atoms with Gasteiger partial charge < -0.3 is 52.5 Å². The van der Waals surface area contributed by atoms with Crippen molar-refractivity contribution in [2.75, 3.05) is 13.2 Å². The molecule has 0 aliphatic carbocycles.